The van der Waals surface area contributed by atoms with Gasteiger partial charge in [-0.1, -0.05) is 0 Å². The number of ether oxygens (including phenoxy) is 1. The van der Waals surface area contributed by atoms with E-state index in [9.17, 15) is 9.59 Å². The van der Waals surface area contributed by atoms with Crippen LogP contribution in [0.15, 0.2) is 0 Å². The molecule has 1 aliphatic heterocycles. The van der Waals surface area contributed by atoms with E-state index in [1.165, 1.54) is 13.8 Å². The smallest absolute Gasteiger partial charge is 0.137 e. The molecule has 1 atom stereocenters. The van der Waals surface area contributed by atoms with Crippen molar-refractivity contribution in [2.75, 3.05) is 6.61 Å². The lowest BCUT2D eigenvalue weighted by Gasteiger charge is -1.81. The average Bonchev–Trinajstić information content (AvgIpc) is 2.47. The summed E-state index contributed by atoms with van der Waals surface area (Å²) in [5, 5.41) is 0. The Bertz CT molecular complexity index is 135. The number of ketones is 2. The quantitative estimate of drug-likeness (QED) is 0.444. The van der Waals surface area contributed by atoms with Crippen LogP contribution in [-0.2, 0) is 14.3 Å². The molecule has 1 heterocycles. The van der Waals surface area contributed by atoms with Crippen LogP contribution in [-0.4, -0.2) is 24.3 Å². The molecule has 64 valence electrons. The summed E-state index contributed by atoms with van der Waals surface area (Å²) in [6.07, 6.45) is 0.667. The minimum absolute atomic E-state index is 0.0625. The highest BCUT2D eigenvalue weighted by Crippen LogP contribution is 2.04. The van der Waals surface area contributed by atoms with Crippen LogP contribution in [0.2, 0.25) is 0 Å². The number of hydrogen-bond acceptors (Lipinski definition) is 3. The molecule has 0 radical (unpaired) electrons. The molecule has 0 aromatic heterocycles. The van der Waals surface area contributed by atoms with Gasteiger partial charge >= 0.3 is 0 Å². The van der Waals surface area contributed by atoms with Gasteiger partial charge in [-0.3, -0.25) is 9.59 Å². The monoisotopic (exact) mass is 158 g/mol. The predicted octanol–water partition coefficient (Wildman–Crippen LogP) is 0.960. The number of Topliss-reactive ketones (excluding diaryl/α,β-unsaturated/α-hetero) is 2. The molecule has 0 aliphatic carbocycles. The molecule has 1 rings (SSSR count). The molecule has 3 nitrogen and oxygen atoms in total. The van der Waals surface area contributed by atoms with Crippen molar-refractivity contribution in [3.63, 3.8) is 0 Å². The van der Waals surface area contributed by atoms with Gasteiger partial charge in [-0.2, -0.15) is 0 Å². The standard InChI is InChI=1S/C5H8O2.C3H6O/c1-4(6)3-5(2)7;1-3-2-4-3/h3H2,1-2H3;3H,2H2,1H3. The summed E-state index contributed by atoms with van der Waals surface area (Å²) >= 11 is 0. The first-order chi connectivity index (χ1) is 5.02. The fourth-order valence-corrected chi connectivity index (χ4v) is 0.447. The SMILES string of the molecule is CC(=O)CC(C)=O.CC1CO1. The van der Waals surface area contributed by atoms with Crippen molar-refractivity contribution in [3.05, 3.63) is 0 Å². The number of epoxide rings is 1. The second kappa shape index (κ2) is 5.02. The average molecular weight is 158 g/mol. The Balaban J connectivity index is 0.000000207. The Hall–Kier alpha value is -0.700. The van der Waals surface area contributed by atoms with E-state index < -0.39 is 0 Å². The molecular weight excluding hydrogens is 144 g/mol. The van der Waals surface area contributed by atoms with Crippen LogP contribution in [0.5, 0.6) is 0 Å². The Morgan fingerprint density at radius 1 is 1.36 bits per heavy atom. The van der Waals surface area contributed by atoms with Gasteiger partial charge in [0.1, 0.15) is 11.6 Å². The van der Waals surface area contributed by atoms with Gasteiger partial charge in [0.2, 0.25) is 0 Å². The van der Waals surface area contributed by atoms with E-state index in [1.54, 1.807) is 0 Å². The lowest BCUT2D eigenvalue weighted by Crippen LogP contribution is -1.97. The maximum absolute atomic E-state index is 10.0. The molecule has 0 amide bonds. The first-order valence-electron chi connectivity index (χ1n) is 3.63. The zero-order valence-corrected chi connectivity index (χ0v) is 7.22. The van der Waals surface area contributed by atoms with E-state index in [1.807, 2.05) is 0 Å². The van der Waals surface area contributed by atoms with E-state index in [4.69, 9.17) is 4.74 Å². The van der Waals surface area contributed by atoms with Crippen LogP contribution in [0.25, 0.3) is 0 Å². The Morgan fingerprint density at radius 3 is 1.64 bits per heavy atom. The predicted molar refractivity (Wildman–Crippen MR) is 41.4 cm³/mol. The summed E-state index contributed by atoms with van der Waals surface area (Å²) in [6.45, 7) is 5.85. The minimum atomic E-state index is -0.0625. The highest BCUT2D eigenvalue weighted by Gasteiger charge is 2.13. The Morgan fingerprint density at radius 2 is 1.64 bits per heavy atom. The maximum Gasteiger partial charge on any atom is 0.137 e. The molecule has 0 bridgehead atoms. The first kappa shape index (κ1) is 10.3. The zero-order valence-electron chi connectivity index (χ0n) is 7.22. The summed E-state index contributed by atoms with van der Waals surface area (Å²) in [6, 6.07) is 0. The number of carbonyl (C=O) groups is 2. The van der Waals surface area contributed by atoms with Crippen molar-refractivity contribution in [2.24, 2.45) is 0 Å². The fraction of sp³-hybridized carbons (Fsp3) is 0.750. The highest BCUT2D eigenvalue weighted by molar-refractivity contribution is 5.96. The number of hydrogen-bond donors (Lipinski definition) is 0. The van der Waals surface area contributed by atoms with Crippen LogP contribution < -0.4 is 0 Å². The second-order valence-electron chi connectivity index (χ2n) is 2.72. The molecule has 11 heavy (non-hydrogen) atoms. The number of carbonyl (C=O) groups excluding carboxylic acids is 2. The van der Waals surface area contributed by atoms with Crippen LogP contribution >= 0.6 is 0 Å². The van der Waals surface area contributed by atoms with Crippen LogP contribution in [0.1, 0.15) is 27.2 Å². The Kier molecular flexibility index (Phi) is 4.70. The summed E-state index contributed by atoms with van der Waals surface area (Å²) in [5.41, 5.74) is 0. The van der Waals surface area contributed by atoms with E-state index in [0.717, 1.165) is 6.61 Å². The number of rotatable bonds is 2. The van der Waals surface area contributed by atoms with Gasteiger partial charge in [-0.25, -0.2) is 0 Å². The Labute approximate surface area is 66.7 Å². The van der Waals surface area contributed by atoms with E-state index in [2.05, 4.69) is 6.92 Å². The molecule has 0 spiro atoms. The minimum Gasteiger partial charge on any atom is -0.373 e. The molecule has 0 saturated carbocycles. The first-order valence-corrected chi connectivity index (χ1v) is 3.63. The fourth-order valence-electron chi connectivity index (χ4n) is 0.447. The van der Waals surface area contributed by atoms with Gasteiger partial charge in [0, 0.05) is 0 Å². The molecule has 0 aromatic carbocycles. The molecule has 0 N–H and O–H groups in total. The van der Waals surface area contributed by atoms with Gasteiger partial charge in [0.25, 0.3) is 0 Å². The largest absolute Gasteiger partial charge is 0.373 e. The topological polar surface area (TPSA) is 46.7 Å². The molecular formula is C8H14O3. The second-order valence-corrected chi connectivity index (χ2v) is 2.72. The van der Waals surface area contributed by atoms with Gasteiger partial charge in [-0.05, 0) is 20.8 Å². The molecule has 1 saturated heterocycles. The van der Waals surface area contributed by atoms with Gasteiger partial charge in [-0.15, -0.1) is 0 Å². The summed E-state index contributed by atoms with van der Waals surface area (Å²) in [5.74, 6) is -0.125. The van der Waals surface area contributed by atoms with Crippen molar-refractivity contribution in [2.45, 2.75) is 33.3 Å². The zero-order chi connectivity index (χ0) is 8.85. The molecule has 3 heteroatoms. The van der Waals surface area contributed by atoms with Crippen LogP contribution in [0.3, 0.4) is 0 Å². The van der Waals surface area contributed by atoms with Crippen molar-refractivity contribution in [3.8, 4) is 0 Å². The van der Waals surface area contributed by atoms with Gasteiger partial charge < -0.3 is 4.74 Å². The lowest BCUT2D eigenvalue weighted by atomic mass is 10.2. The molecule has 1 fully saturated rings. The van der Waals surface area contributed by atoms with Crippen LogP contribution in [0, 0.1) is 0 Å². The normalized spacial score (nSPS) is 19.7. The van der Waals surface area contributed by atoms with Crippen molar-refractivity contribution in [1.82, 2.24) is 0 Å². The van der Waals surface area contributed by atoms with Gasteiger partial charge in [0.15, 0.2) is 0 Å². The summed E-state index contributed by atoms with van der Waals surface area (Å²) in [7, 11) is 0. The third-order valence-corrected chi connectivity index (χ3v) is 0.998. The molecule has 0 aromatic rings. The summed E-state index contributed by atoms with van der Waals surface area (Å²) < 4.78 is 4.71. The van der Waals surface area contributed by atoms with Crippen molar-refractivity contribution < 1.29 is 14.3 Å². The van der Waals surface area contributed by atoms with E-state index >= 15 is 0 Å². The third-order valence-electron chi connectivity index (χ3n) is 0.998. The molecule has 1 aliphatic rings. The lowest BCUT2D eigenvalue weighted by molar-refractivity contribution is -0.124. The molecule has 1 unspecified atom stereocenters. The van der Waals surface area contributed by atoms with E-state index in [0.29, 0.717) is 6.10 Å². The van der Waals surface area contributed by atoms with Crippen molar-refractivity contribution >= 4 is 11.6 Å². The van der Waals surface area contributed by atoms with E-state index in [-0.39, 0.29) is 18.0 Å². The van der Waals surface area contributed by atoms with Crippen LogP contribution in [0.4, 0.5) is 0 Å². The summed E-state index contributed by atoms with van der Waals surface area (Å²) in [4.78, 5) is 20.1. The van der Waals surface area contributed by atoms with Crippen molar-refractivity contribution in [1.29, 1.82) is 0 Å². The maximum atomic E-state index is 10.0. The third kappa shape index (κ3) is 12.5. The highest BCUT2D eigenvalue weighted by atomic mass is 16.6. The van der Waals surface area contributed by atoms with Gasteiger partial charge in [0.05, 0.1) is 19.1 Å².